The molecule has 1 amide bonds. The molecule has 0 heterocycles. The summed E-state index contributed by atoms with van der Waals surface area (Å²) in [7, 11) is 0. The monoisotopic (exact) mass is 161 g/mol. The second-order valence-corrected chi connectivity index (χ2v) is 2.80. The summed E-state index contributed by atoms with van der Waals surface area (Å²) in [6.45, 7) is 6.98. The van der Waals surface area contributed by atoms with Crippen LogP contribution in [-0.4, -0.2) is 17.3 Å². The van der Waals surface area contributed by atoms with Crippen LogP contribution in [0.4, 0.5) is 0 Å². The van der Waals surface area contributed by atoms with Crippen molar-refractivity contribution in [1.82, 2.24) is 5.32 Å². The maximum absolute atomic E-state index is 10.8. The number of carbonyl (C=O) groups excluding carboxylic acids is 1. The fourth-order valence-electron chi connectivity index (χ4n) is 0.398. The normalized spacial score (nSPS) is 15.5. The molecule has 3 heteroatoms. The highest BCUT2D eigenvalue weighted by molar-refractivity contribution is 6.30. The van der Waals surface area contributed by atoms with Gasteiger partial charge >= 0.3 is 0 Å². The number of alkyl halides is 1. The Morgan fingerprint density at radius 2 is 2.20 bits per heavy atom. The van der Waals surface area contributed by atoms with Crippen LogP contribution in [0.25, 0.3) is 0 Å². The van der Waals surface area contributed by atoms with Crippen LogP contribution in [0.5, 0.6) is 0 Å². The highest BCUT2D eigenvalue weighted by Crippen LogP contribution is 1.93. The van der Waals surface area contributed by atoms with Gasteiger partial charge in [-0.25, -0.2) is 0 Å². The zero-order valence-corrected chi connectivity index (χ0v) is 6.98. The maximum atomic E-state index is 10.8. The minimum absolute atomic E-state index is 0.00583. The van der Waals surface area contributed by atoms with Crippen molar-refractivity contribution in [1.29, 1.82) is 0 Å². The zero-order valence-electron chi connectivity index (χ0n) is 6.23. The zero-order chi connectivity index (χ0) is 8.15. The molecule has 2 atom stereocenters. The van der Waals surface area contributed by atoms with E-state index in [4.69, 9.17) is 11.6 Å². The Balaban J connectivity index is 3.68. The van der Waals surface area contributed by atoms with Crippen LogP contribution < -0.4 is 5.32 Å². The van der Waals surface area contributed by atoms with Crippen LogP contribution in [0.15, 0.2) is 12.7 Å². The lowest BCUT2D eigenvalue weighted by molar-refractivity contribution is -0.120. The van der Waals surface area contributed by atoms with Gasteiger partial charge in [-0.2, -0.15) is 0 Å². The SMILES string of the molecule is C=CC(C)NC(=O)C(C)Cl. The Morgan fingerprint density at radius 1 is 1.70 bits per heavy atom. The summed E-state index contributed by atoms with van der Waals surface area (Å²) >= 11 is 5.48. The Bertz CT molecular complexity index is 134. The third kappa shape index (κ3) is 3.51. The molecule has 0 aliphatic rings. The van der Waals surface area contributed by atoms with E-state index in [1.165, 1.54) is 0 Å². The van der Waals surface area contributed by atoms with E-state index >= 15 is 0 Å². The molecule has 0 spiro atoms. The Morgan fingerprint density at radius 3 is 2.50 bits per heavy atom. The molecule has 0 aliphatic heterocycles. The average molecular weight is 162 g/mol. The number of hydrogen-bond acceptors (Lipinski definition) is 1. The van der Waals surface area contributed by atoms with Gasteiger partial charge in [0.05, 0.1) is 0 Å². The molecule has 0 rings (SSSR count). The first-order chi connectivity index (χ1) is 4.57. The molecule has 0 aromatic rings. The minimum atomic E-state index is -0.470. The van der Waals surface area contributed by atoms with Gasteiger partial charge in [-0.15, -0.1) is 18.2 Å². The van der Waals surface area contributed by atoms with Crippen molar-refractivity contribution >= 4 is 17.5 Å². The van der Waals surface area contributed by atoms with Gasteiger partial charge in [0.25, 0.3) is 0 Å². The highest BCUT2D eigenvalue weighted by Gasteiger charge is 2.09. The predicted octanol–water partition coefficient (Wildman–Crippen LogP) is 1.30. The first-order valence-corrected chi connectivity index (χ1v) is 3.58. The summed E-state index contributed by atoms with van der Waals surface area (Å²) in [5, 5.41) is 2.17. The minimum Gasteiger partial charge on any atom is -0.349 e. The van der Waals surface area contributed by atoms with E-state index in [1.807, 2.05) is 6.92 Å². The molecule has 0 aromatic carbocycles. The molecular formula is C7H12ClNO. The lowest BCUT2D eigenvalue weighted by Gasteiger charge is -2.09. The van der Waals surface area contributed by atoms with Crippen molar-refractivity contribution in [2.24, 2.45) is 0 Å². The Kier molecular flexibility index (Phi) is 4.12. The van der Waals surface area contributed by atoms with Gasteiger partial charge in [-0.05, 0) is 13.8 Å². The molecule has 10 heavy (non-hydrogen) atoms. The lowest BCUT2D eigenvalue weighted by atomic mass is 10.3. The fraction of sp³-hybridized carbons (Fsp3) is 0.571. The summed E-state index contributed by atoms with van der Waals surface area (Å²) in [4.78, 5) is 10.8. The van der Waals surface area contributed by atoms with Crippen molar-refractivity contribution in [3.63, 3.8) is 0 Å². The van der Waals surface area contributed by atoms with Crippen LogP contribution in [0.2, 0.25) is 0 Å². The molecule has 0 aliphatic carbocycles. The standard InChI is InChI=1S/C7H12ClNO/c1-4-5(2)9-7(10)6(3)8/h4-6H,1H2,2-3H3,(H,9,10). The molecule has 0 saturated heterocycles. The van der Waals surface area contributed by atoms with Crippen molar-refractivity contribution in [3.8, 4) is 0 Å². The van der Waals surface area contributed by atoms with E-state index in [-0.39, 0.29) is 11.9 Å². The van der Waals surface area contributed by atoms with Gasteiger partial charge in [0, 0.05) is 6.04 Å². The van der Waals surface area contributed by atoms with Crippen LogP contribution in [0, 0.1) is 0 Å². The number of nitrogens with one attached hydrogen (secondary N) is 1. The van der Waals surface area contributed by atoms with Crippen molar-refractivity contribution in [3.05, 3.63) is 12.7 Å². The molecule has 0 saturated carbocycles. The average Bonchev–Trinajstić information content (AvgIpc) is 1.87. The van der Waals surface area contributed by atoms with Crippen LogP contribution in [0.3, 0.4) is 0 Å². The van der Waals surface area contributed by atoms with Crippen molar-refractivity contribution < 1.29 is 4.79 Å². The molecule has 2 unspecified atom stereocenters. The van der Waals surface area contributed by atoms with Gasteiger partial charge in [0.1, 0.15) is 5.38 Å². The van der Waals surface area contributed by atoms with Crippen molar-refractivity contribution in [2.45, 2.75) is 25.3 Å². The molecule has 0 aromatic heterocycles. The van der Waals surface area contributed by atoms with Crippen LogP contribution in [-0.2, 0) is 4.79 Å². The topological polar surface area (TPSA) is 29.1 Å². The molecule has 58 valence electrons. The fourth-order valence-corrected chi connectivity index (χ4v) is 0.461. The molecule has 2 nitrogen and oxygen atoms in total. The van der Waals surface area contributed by atoms with E-state index < -0.39 is 5.38 Å². The Labute approximate surface area is 66.3 Å². The maximum Gasteiger partial charge on any atom is 0.238 e. The van der Waals surface area contributed by atoms with E-state index in [9.17, 15) is 4.79 Å². The molecule has 0 radical (unpaired) electrons. The first-order valence-electron chi connectivity index (χ1n) is 3.15. The summed E-state index contributed by atoms with van der Waals surface area (Å²) < 4.78 is 0. The van der Waals surface area contributed by atoms with Gasteiger partial charge in [0.2, 0.25) is 5.91 Å². The number of amides is 1. The van der Waals surface area contributed by atoms with Gasteiger partial charge in [-0.3, -0.25) is 4.79 Å². The van der Waals surface area contributed by atoms with E-state index in [0.29, 0.717) is 0 Å². The van der Waals surface area contributed by atoms with Crippen LogP contribution >= 0.6 is 11.6 Å². The molecular weight excluding hydrogens is 150 g/mol. The summed E-state index contributed by atoms with van der Waals surface area (Å²) in [6, 6.07) is -0.00583. The molecule has 0 bridgehead atoms. The summed E-state index contributed by atoms with van der Waals surface area (Å²) in [5.74, 6) is -0.158. The smallest absolute Gasteiger partial charge is 0.238 e. The second kappa shape index (κ2) is 4.34. The Hall–Kier alpha value is -0.500. The van der Waals surface area contributed by atoms with Crippen molar-refractivity contribution in [2.75, 3.05) is 0 Å². The first kappa shape index (κ1) is 9.50. The van der Waals surface area contributed by atoms with E-state index in [1.54, 1.807) is 13.0 Å². The van der Waals surface area contributed by atoms with Crippen LogP contribution in [0.1, 0.15) is 13.8 Å². The van der Waals surface area contributed by atoms with Gasteiger partial charge < -0.3 is 5.32 Å². The third-order valence-corrected chi connectivity index (χ3v) is 1.28. The molecule has 0 fully saturated rings. The second-order valence-electron chi connectivity index (χ2n) is 2.15. The predicted molar refractivity (Wildman–Crippen MR) is 43.1 cm³/mol. The number of hydrogen-bond donors (Lipinski definition) is 1. The quantitative estimate of drug-likeness (QED) is 0.491. The number of rotatable bonds is 3. The number of halogens is 1. The van der Waals surface area contributed by atoms with Gasteiger partial charge in [-0.1, -0.05) is 6.08 Å². The van der Waals surface area contributed by atoms with Gasteiger partial charge in [0.15, 0.2) is 0 Å². The molecule has 1 N–H and O–H groups in total. The lowest BCUT2D eigenvalue weighted by Crippen LogP contribution is -2.35. The van der Waals surface area contributed by atoms with E-state index in [0.717, 1.165) is 0 Å². The van der Waals surface area contributed by atoms with E-state index in [2.05, 4.69) is 11.9 Å². The third-order valence-electron chi connectivity index (χ3n) is 1.08. The highest BCUT2D eigenvalue weighted by atomic mass is 35.5. The number of carbonyl (C=O) groups is 1. The summed E-state index contributed by atoms with van der Waals surface area (Å²) in [5.41, 5.74) is 0. The largest absolute Gasteiger partial charge is 0.349 e. The summed E-state index contributed by atoms with van der Waals surface area (Å²) in [6.07, 6.45) is 1.65.